The molecule has 0 unspecified atom stereocenters. The van der Waals surface area contributed by atoms with Gasteiger partial charge in [0.05, 0.1) is 0 Å². The Morgan fingerprint density at radius 2 is 2.13 bits per heavy atom. The van der Waals surface area contributed by atoms with Crippen LogP contribution in [-0.2, 0) is 6.42 Å². The summed E-state index contributed by atoms with van der Waals surface area (Å²) in [6, 6.07) is 6.31. The van der Waals surface area contributed by atoms with Crippen LogP contribution in [0.25, 0.3) is 10.2 Å². The lowest BCUT2D eigenvalue weighted by atomic mass is 10.3. The van der Waals surface area contributed by atoms with Gasteiger partial charge in [0.1, 0.15) is 4.83 Å². The lowest BCUT2D eigenvalue weighted by Gasteiger charge is -1.81. The van der Waals surface area contributed by atoms with Gasteiger partial charge in [0, 0.05) is 16.5 Å². The largest absolute Gasteiger partial charge is 0.320 e. The maximum absolute atomic E-state index is 4.27. The fraction of sp³-hybridized carbons (Fsp3) is 0.417. The quantitative estimate of drug-likeness (QED) is 0.844. The minimum absolute atomic E-state index is 1.07. The number of rotatable bonds is 2. The number of hydrogen-bond acceptors (Lipinski definition) is 3. The van der Waals surface area contributed by atoms with Crippen molar-refractivity contribution in [2.75, 3.05) is 13.6 Å². The van der Waals surface area contributed by atoms with E-state index >= 15 is 0 Å². The van der Waals surface area contributed by atoms with Crippen molar-refractivity contribution in [1.82, 2.24) is 10.3 Å². The lowest BCUT2D eigenvalue weighted by Crippen LogP contribution is -2.01. The Kier molecular flexibility index (Phi) is 5.29. The third-order valence-corrected chi connectivity index (χ3v) is 3.25. The van der Waals surface area contributed by atoms with Crippen molar-refractivity contribution in [3.8, 4) is 0 Å². The van der Waals surface area contributed by atoms with E-state index in [1.165, 1.54) is 10.3 Å². The molecule has 2 aromatic rings. The smallest absolute Gasteiger partial charge is 0.123 e. The van der Waals surface area contributed by atoms with Gasteiger partial charge in [0.2, 0.25) is 0 Å². The number of aryl methyl sites for hydroxylation is 1. The second kappa shape index (κ2) is 6.53. The summed E-state index contributed by atoms with van der Waals surface area (Å²) in [7, 11) is 1.93. The summed E-state index contributed by atoms with van der Waals surface area (Å²) in [6.07, 6.45) is 2.96. The van der Waals surface area contributed by atoms with Crippen molar-refractivity contribution in [3.63, 3.8) is 0 Å². The second-order valence-corrected chi connectivity index (χ2v) is 4.29. The maximum atomic E-state index is 4.27. The van der Waals surface area contributed by atoms with Crippen molar-refractivity contribution >= 4 is 21.6 Å². The monoisotopic (exact) mass is 222 g/mol. The molecule has 0 aliphatic rings. The number of nitrogens with one attached hydrogen (secondary N) is 1. The zero-order chi connectivity index (χ0) is 11.1. The lowest BCUT2D eigenvalue weighted by molar-refractivity contribution is 0.864. The molecular weight excluding hydrogens is 204 g/mol. The molecule has 2 rings (SSSR count). The predicted octanol–water partition coefficient (Wildman–Crippen LogP) is 3.08. The number of fused-ring (bicyclic) bond motifs is 1. The zero-order valence-corrected chi connectivity index (χ0v) is 10.4. The molecule has 0 amide bonds. The van der Waals surface area contributed by atoms with Crippen molar-refractivity contribution in [2.24, 2.45) is 0 Å². The molecule has 0 saturated heterocycles. The highest BCUT2D eigenvalue weighted by Crippen LogP contribution is 2.22. The molecular formula is C12H18N2S. The Morgan fingerprint density at radius 1 is 1.40 bits per heavy atom. The van der Waals surface area contributed by atoms with E-state index in [1.54, 1.807) is 11.3 Å². The summed E-state index contributed by atoms with van der Waals surface area (Å²) in [5, 5.41) is 4.20. The Labute approximate surface area is 95.4 Å². The first-order chi connectivity index (χ1) is 7.31. The fourth-order valence-electron chi connectivity index (χ4n) is 1.10. The molecule has 2 aromatic heterocycles. The zero-order valence-electron chi connectivity index (χ0n) is 9.58. The Hall–Kier alpha value is -0.930. The average Bonchev–Trinajstić information content (AvgIpc) is 2.72. The normalized spacial score (nSPS) is 9.80. The van der Waals surface area contributed by atoms with E-state index in [0.717, 1.165) is 17.8 Å². The summed E-state index contributed by atoms with van der Waals surface area (Å²) in [5.74, 6) is 0. The van der Waals surface area contributed by atoms with Crippen LogP contribution in [0.5, 0.6) is 0 Å². The molecule has 0 bridgehead atoms. The van der Waals surface area contributed by atoms with Gasteiger partial charge < -0.3 is 5.32 Å². The molecule has 3 heteroatoms. The summed E-state index contributed by atoms with van der Waals surface area (Å²) in [4.78, 5) is 6.84. The topological polar surface area (TPSA) is 24.9 Å². The van der Waals surface area contributed by atoms with Crippen LogP contribution in [-0.4, -0.2) is 18.6 Å². The Bertz CT molecular complexity index is 360. The molecule has 2 nitrogen and oxygen atoms in total. The molecule has 0 atom stereocenters. The van der Waals surface area contributed by atoms with Crippen LogP contribution in [0, 0.1) is 0 Å². The molecule has 0 radical (unpaired) electrons. The van der Waals surface area contributed by atoms with E-state index in [0.29, 0.717) is 0 Å². The maximum Gasteiger partial charge on any atom is 0.123 e. The van der Waals surface area contributed by atoms with Crippen LogP contribution in [0.2, 0.25) is 0 Å². The highest BCUT2D eigenvalue weighted by molar-refractivity contribution is 7.18. The molecule has 0 fully saturated rings. The number of hydrogen-bond donors (Lipinski definition) is 1. The molecule has 0 spiro atoms. The van der Waals surface area contributed by atoms with Crippen LogP contribution in [0.4, 0.5) is 0 Å². The number of thiophene rings is 1. The molecule has 0 saturated carbocycles. The van der Waals surface area contributed by atoms with Crippen molar-refractivity contribution < 1.29 is 0 Å². The van der Waals surface area contributed by atoms with Gasteiger partial charge >= 0.3 is 0 Å². The SMILES string of the molecule is CCNC.CCc1cc2cccnc2s1. The van der Waals surface area contributed by atoms with Crippen molar-refractivity contribution in [3.05, 3.63) is 29.3 Å². The van der Waals surface area contributed by atoms with Crippen LogP contribution in [0.15, 0.2) is 24.4 Å². The van der Waals surface area contributed by atoms with Crippen LogP contribution < -0.4 is 5.32 Å². The van der Waals surface area contributed by atoms with Crippen LogP contribution in [0.1, 0.15) is 18.7 Å². The molecule has 0 aliphatic carbocycles. The van der Waals surface area contributed by atoms with Crippen LogP contribution in [0.3, 0.4) is 0 Å². The van der Waals surface area contributed by atoms with Gasteiger partial charge in [0.25, 0.3) is 0 Å². The number of aromatic nitrogens is 1. The first-order valence-corrected chi connectivity index (χ1v) is 6.11. The second-order valence-electron chi connectivity index (χ2n) is 3.17. The molecule has 1 N–H and O–H groups in total. The number of pyridine rings is 1. The van der Waals surface area contributed by atoms with E-state index in [9.17, 15) is 0 Å². The van der Waals surface area contributed by atoms with Crippen molar-refractivity contribution in [2.45, 2.75) is 20.3 Å². The van der Waals surface area contributed by atoms with Crippen LogP contribution >= 0.6 is 11.3 Å². The molecule has 0 aliphatic heterocycles. The standard InChI is InChI=1S/C9H9NS.C3H9N/c1-2-8-6-7-4-3-5-10-9(7)11-8;1-3-4-2/h3-6H,2H2,1H3;4H,3H2,1-2H3. The van der Waals surface area contributed by atoms with Crippen molar-refractivity contribution in [1.29, 1.82) is 0 Å². The minimum atomic E-state index is 1.07. The average molecular weight is 222 g/mol. The van der Waals surface area contributed by atoms with Gasteiger partial charge in [-0.05, 0) is 32.1 Å². The molecule has 15 heavy (non-hydrogen) atoms. The summed E-state index contributed by atoms with van der Waals surface area (Å²) in [5.41, 5.74) is 0. The third-order valence-electron chi connectivity index (χ3n) is 2.05. The van der Waals surface area contributed by atoms with E-state index in [1.807, 2.05) is 19.3 Å². The Morgan fingerprint density at radius 3 is 2.67 bits per heavy atom. The molecule has 2 heterocycles. The number of nitrogens with zero attached hydrogens (tertiary/aromatic N) is 1. The Balaban J connectivity index is 0.000000245. The highest BCUT2D eigenvalue weighted by atomic mass is 32.1. The van der Waals surface area contributed by atoms with E-state index < -0.39 is 0 Å². The van der Waals surface area contributed by atoms with Gasteiger partial charge in [-0.2, -0.15) is 0 Å². The van der Waals surface area contributed by atoms with Gasteiger partial charge in [-0.25, -0.2) is 4.98 Å². The predicted molar refractivity (Wildman–Crippen MR) is 68.6 cm³/mol. The van der Waals surface area contributed by atoms with Gasteiger partial charge in [-0.15, -0.1) is 11.3 Å². The van der Waals surface area contributed by atoms with E-state index in [2.05, 4.69) is 36.3 Å². The van der Waals surface area contributed by atoms with Gasteiger partial charge in [-0.3, -0.25) is 0 Å². The third kappa shape index (κ3) is 3.61. The first-order valence-electron chi connectivity index (χ1n) is 5.29. The fourth-order valence-corrected chi connectivity index (χ4v) is 2.04. The summed E-state index contributed by atoms with van der Waals surface area (Å²) in [6.45, 7) is 5.31. The highest BCUT2D eigenvalue weighted by Gasteiger charge is 1.98. The van der Waals surface area contributed by atoms with E-state index in [4.69, 9.17) is 0 Å². The van der Waals surface area contributed by atoms with Gasteiger partial charge in [-0.1, -0.05) is 19.9 Å². The van der Waals surface area contributed by atoms with Gasteiger partial charge in [0.15, 0.2) is 0 Å². The summed E-state index contributed by atoms with van der Waals surface area (Å²) < 4.78 is 0. The minimum Gasteiger partial charge on any atom is -0.320 e. The molecule has 82 valence electrons. The molecule has 0 aromatic carbocycles. The first kappa shape index (κ1) is 12.1. The summed E-state index contributed by atoms with van der Waals surface area (Å²) >= 11 is 1.79. The van der Waals surface area contributed by atoms with E-state index in [-0.39, 0.29) is 0 Å².